The van der Waals surface area contributed by atoms with Crippen molar-refractivity contribution in [2.75, 3.05) is 0 Å². The third-order valence-corrected chi connectivity index (χ3v) is 9.11. The normalized spacial score (nSPS) is 49.0. The highest BCUT2D eigenvalue weighted by Crippen LogP contribution is 2.70. The third-order valence-electron chi connectivity index (χ3n) is 9.11. The van der Waals surface area contributed by atoms with E-state index in [2.05, 4.69) is 6.58 Å². The predicted molar refractivity (Wildman–Crippen MR) is 106 cm³/mol. The van der Waals surface area contributed by atoms with Crippen LogP contribution < -0.4 is 5.73 Å². The number of hydrogen-bond acceptors (Lipinski definition) is 5. The van der Waals surface area contributed by atoms with Crippen LogP contribution in [0, 0.1) is 22.7 Å². The van der Waals surface area contributed by atoms with Crippen molar-refractivity contribution in [3.05, 3.63) is 35.8 Å². The van der Waals surface area contributed by atoms with Crippen molar-refractivity contribution in [3.63, 3.8) is 0 Å². The first-order chi connectivity index (χ1) is 15.1. The standard InChI is InChI=1S/C23H28F5NO4/c1-10-13(24)7-12-11-8-17-22(29,20(11,4)9-15(30)21(12,25)19(10,2)3)33-18(32-17)14-5-6-16(31-14)23(26,27)28/h5-6,11-13,15,17-18,30H,1,7-9,29H2,2-4H3/t11?,12-,13-,15-,17+,18?,20-,21-,22+/m0/s1. The van der Waals surface area contributed by atoms with Gasteiger partial charge < -0.3 is 24.7 Å². The summed E-state index contributed by atoms with van der Waals surface area (Å²) in [6.07, 6.45) is -9.64. The van der Waals surface area contributed by atoms with Crippen LogP contribution in [0.2, 0.25) is 0 Å². The fourth-order valence-corrected chi connectivity index (χ4v) is 7.03. The number of ether oxygens (including phenoxy) is 2. The Kier molecular flexibility index (Phi) is 4.64. The number of alkyl halides is 5. The lowest BCUT2D eigenvalue weighted by molar-refractivity contribution is -0.242. The molecule has 2 unspecified atom stereocenters. The van der Waals surface area contributed by atoms with Crippen LogP contribution in [0.1, 0.15) is 57.8 Å². The summed E-state index contributed by atoms with van der Waals surface area (Å²) in [6, 6.07) is 1.90. The first kappa shape index (κ1) is 23.3. The first-order valence-electron chi connectivity index (χ1n) is 11.1. The average molecular weight is 477 g/mol. The Labute approximate surface area is 188 Å². The molecule has 9 atom stereocenters. The number of rotatable bonds is 1. The molecule has 0 amide bonds. The van der Waals surface area contributed by atoms with E-state index >= 15 is 4.39 Å². The lowest BCUT2D eigenvalue weighted by atomic mass is 9.46. The summed E-state index contributed by atoms with van der Waals surface area (Å²) in [5.74, 6) is -2.71. The second-order valence-corrected chi connectivity index (χ2v) is 10.8. The molecule has 1 aliphatic heterocycles. The van der Waals surface area contributed by atoms with Gasteiger partial charge in [0.15, 0.2) is 11.5 Å². The number of fused-ring (bicyclic) bond motifs is 5. The maximum absolute atomic E-state index is 16.7. The molecule has 3 aliphatic carbocycles. The number of allylic oxidation sites excluding steroid dienone is 1. The van der Waals surface area contributed by atoms with E-state index in [1.165, 1.54) is 0 Å². The Morgan fingerprint density at radius 2 is 1.82 bits per heavy atom. The van der Waals surface area contributed by atoms with Gasteiger partial charge in [-0.3, -0.25) is 0 Å². The van der Waals surface area contributed by atoms with Crippen molar-refractivity contribution in [1.29, 1.82) is 0 Å². The molecule has 0 aromatic carbocycles. The van der Waals surface area contributed by atoms with E-state index < -0.39 is 70.7 Å². The Bertz CT molecular complexity index is 994. The van der Waals surface area contributed by atoms with Gasteiger partial charge in [-0.2, -0.15) is 13.2 Å². The number of aliphatic hydroxyl groups is 1. The molecule has 0 radical (unpaired) electrons. The van der Waals surface area contributed by atoms with Crippen molar-refractivity contribution in [1.82, 2.24) is 0 Å². The molecule has 0 bridgehead atoms. The molecular weight excluding hydrogens is 449 g/mol. The second kappa shape index (κ2) is 6.59. The Morgan fingerprint density at radius 3 is 2.42 bits per heavy atom. The fourth-order valence-electron chi connectivity index (χ4n) is 7.03. The van der Waals surface area contributed by atoms with E-state index in [0.29, 0.717) is 0 Å². The van der Waals surface area contributed by atoms with Crippen LogP contribution in [0.4, 0.5) is 22.0 Å². The summed E-state index contributed by atoms with van der Waals surface area (Å²) in [5, 5.41) is 11.1. The highest BCUT2D eigenvalue weighted by Gasteiger charge is 2.77. The SMILES string of the molecule is C=C1[C@@H](F)C[C@H]2C3C[C@H]4OC(c5ccc(C(F)(F)F)o5)O[C@@]4(N)[C@@]3(C)C[C@H](O)[C@]2(F)C1(C)C. The van der Waals surface area contributed by atoms with Gasteiger partial charge in [-0.05, 0) is 42.9 Å². The molecule has 5 nitrogen and oxygen atoms in total. The summed E-state index contributed by atoms with van der Waals surface area (Å²) in [4.78, 5) is 0. The van der Waals surface area contributed by atoms with E-state index in [-0.39, 0.29) is 30.6 Å². The van der Waals surface area contributed by atoms with Gasteiger partial charge in [-0.15, -0.1) is 0 Å². The quantitative estimate of drug-likeness (QED) is 0.449. The number of nitrogens with two attached hydrogens (primary N) is 1. The van der Waals surface area contributed by atoms with Gasteiger partial charge in [-0.25, -0.2) is 8.78 Å². The molecule has 5 rings (SSSR count). The van der Waals surface area contributed by atoms with Gasteiger partial charge in [0.2, 0.25) is 12.1 Å². The van der Waals surface area contributed by atoms with E-state index in [1.54, 1.807) is 20.8 Å². The van der Waals surface area contributed by atoms with Crippen LogP contribution in [-0.4, -0.2) is 34.9 Å². The van der Waals surface area contributed by atoms with E-state index in [1.807, 2.05) is 0 Å². The molecule has 1 saturated heterocycles. The molecule has 4 fully saturated rings. The zero-order chi connectivity index (χ0) is 24.4. The monoisotopic (exact) mass is 477 g/mol. The Hall–Kier alpha value is -1.49. The van der Waals surface area contributed by atoms with Crippen LogP contribution in [0.15, 0.2) is 28.7 Å². The highest BCUT2D eigenvalue weighted by molar-refractivity contribution is 5.32. The molecule has 184 valence electrons. The molecular formula is C23H28F5NO4. The van der Waals surface area contributed by atoms with Crippen molar-refractivity contribution in [2.24, 2.45) is 28.4 Å². The van der Waals surface area contributed by atoms with Crippen LogP contribution in [-0.2, 0) is 15.7 Å². The molecule has 3 N–H and O–H groups in total. The topological polar surface area (TPSA) is 77.9 Å². The van der Waals surface area contributed by atoms with Gasteiger partial charge in [-0.1, -0.05) is 27.4 Å². The molecule has 3 saturated carbocycles. The maximum Gasteiger partial charge on any atom is 0.449 e. The fraction of sp³-hybridized carbons (Fsp3) is 0.739. The lowest BCUT2D eigenvalue weighted by Gasteiger charge is -2.62. The maximum atomic E-state index is 16.7. The Morgan fingerprint density at radius 1 is 1.15 bits per heavy atom. The van der Waals surface area contributed by atoms with Crippen LogP contribution in [0.5, 0.6) is 0 Å². The van der Waals surface area contributed by atoms with Crippen LogP contribution in [0.3, 0.4) is 0 Å². The van der Waals surface area contributed by atoms with Crippen LogP contribution in [0.25, 0.3) is 0 Å². The van der Waals surface area contributed by atoms with Gasteiger partial charge >= 0.3 is 6.18 Å². The van der Waals surface area contributed by atoms with Gasteiger partial charge in [0.05, 0.1) is 6.10 Å². The minimum atomic E-state index is -4.66. The molecule has 10 heteroatoms. The zero-order valence-corrected chi connectivity index (χ0v) is 18.6. The Balaban J connectivity index is 1.48. The molecule has 4 aliphatic rings. The minimum absolute atomic E-state index is 0.0760. The number of furan rings is 1. The molecule has 1 aromatic heterocycles. The average Bonchev–Trinajstić information content (AvgIpc) is 3.36. The van der Waals surface area contributed by atoms with E-state index in [9.17, 15) is 22.7 Å². The van der Waals surface area contributed by atoms with Crippen LogP contribution >= 0.6 is 0 Å². The minimum Gasteiger partial charge on any atom is -0.451 e. The largest absolute Gasteiger partial charge is 0.451 e. The van der Waals surface area contributed by atoms with Gasteiger partial charge in [0, 0.05) is 16.7 Å². The zero-order valence-electron chi connectivity index (χ0n) is 18.6. The summed E-state index contributed by atoms with van der Waals surface area (Å²) in [5.41, 5.74) is 0.833. The smallest absolute Gasteiger partial charge is 0.449 e. The van der Waals surface area contributed by atoms with E-state index in [0.717, 1.165) is 12.1 Å². The summed E-state index contributed by atoms with van der Waals surface area (Å²) >= 11 is 0. The third kappa shape index (κ3) is 2.72. The number of hydrogen-bond donors (Lipinski definition) is 2. The summed E-state index contributed by atoms with van der Waals surface area (Å²) < 4.78 is 87.1. The summed E-state index contributed by atoms with van der Waals surface area (Å²) in [7, 11) is 0. The van der Waals surface area contributed by atoms with Crippen molar-refractivity contribution >= 4 is 0 Å². The highest BCUT2D eigenvalue weighted by atomic mass is 19.4. The molecule has 33 heavy (non-hydrogen) atoms. The van der Waals surface area contributed by atoms with Gasteiger partial charge in [0.1, 0.15) is 17.9 Å². The molecule has 0 spiro atoms. The molecule has 2 heterocycles. The molecule has 1 aromatic rings. The van der Waals surface area contributed by atoms with E-state index in [4.69, 9.17) is 19.6 Å². The first-order valence-corrected chi connectivity index (χ1v) is 11.1. The van der Waals surface area contributed by atoms with Crippen molar-refractivity contribution in [2.45, 2.75) is 82.3 Å². The lowest BCUT2D eigenvalue weighted by Crippen LogP contribution is -2.70. The second-order valence-electron chi connectivity index (χ2n) is 10.8. The summed E-state index contributed by atoms with van der Waals surface area (Å²) in [6.45, 7) is 8.64. The predicted octanol–water partition coefficient (Wildman–Crippen LogP) is 4.81. The number of aliphatic hydroxyl groups excluding tert-OH is 1. The van der Waals surface area contributed by atoms with Crippen molar-refractivity contribution < 1.29 is 40.9 Å². The van der Waals surface area contributed by atoms with Gasteiger partial charge in [0.25, 0.3) is 0 Å². The number of halogens is 5. The van der Waals surface area contributed by atoms with Crippen molar-refractivity contribution in [3.8, 4) is 0 Å².